The predicted octanol–water partition coefficient (Wildman–Crippen LogP) is 0.150. The van der Waals surface area contributed by atoms with Crippen LogP contribution in [0.5, 0.6) is 0 Å². The molecule has 0 radical (unpaired) electrons. The van der Waals surface area contributed by atoms with Gasteiger partial charge >= 0.3 is 5.97 Å². The summed E-state index contributed by atoms with van der Waals surface area (Å²) in [5.41, 5.74) is 0. The van der Waals surface area contributed by atoms with Crippen LogP contribution in [0.15, 0.2) is 12.2 Å². The summed E-state index contributed by atoms with van der Waals surface area (Å²) in [6.07, 6.45) is 4.52. The molecule has 0 spiro atoms. The number of carbonyl (C=O) groups is 3. The maximum atomic E-state index is 12.3. The lowest BCUT2D eigenvalue weighted by molar-refractivity contribution is -0.148. The first-order valence-corrected chi connectivity index (χ1v) is 6.95. The standard InChI is InChI=1S/C14H20N2O4/c1-3-15-12(17)7(2)16-13(18)10-8-4-5-9(6-8)11(10)14(19)20/h4-5,7-11H,3,6H2,1-2H3,(H,15,17)(H,16,18)(H,19,20). The first-order chi connectivity index (χ1) is 9.45. The number of amides is 2. The molecular weight excluding hydrogens is 260 g/mol. The van der Waals surface area contributed by atoms with E-state index in [0.29, 0.717) is 13.0 Å². The summed E-state index contributed by atoms with van der Waals surface area (Å²) in [7, 11) is 0. The number of carboxylic acids is 1. The van der Waals surface area contributed by atoms with Crippen LogP contribution in [-0.2, 0) is 14.4 Å². The minimum atomic E-state index is -0.937. The molecule has 0 aromatic carbocycles. The maximum Gasteiger partial charge on any atom is 0.307 e. The Labute approximate surface area is 117 Å². The van der Waals surface area contributed by atoms with Gasteiger partial charge in [-0.05, 0) is 32.1 Å². The minimum absolute atomic E-state index is 0.0254. The summed E-state index contributed by atoms with van der Waals surface area (Å²) >= 11 is 0. The molecule has 2 aliphatic rings. The zero-order valence-corrected chi connectivity index (χ0v) is 11.6. The Balaban J connectivity index is 2.03. The third kappa shape index (κ3) is 2.55. The highest BCUT2D eigenvalue weighted by atomic mass is 16.4. The molecule has 20 heavy (non-hydrogen) atoms. The molecule has 0 aromatic heterocycles. The molecule has 0 saturated heterocycles. The third-order valence-corrected chi connectivity index (χ3v) is 4.15. The summed E-state index contributed by atoms with van der Waals surface area (Å²) in [4.78, 5) is 35.2. The summed E-state index contributed by atoms with van der Waals surface area (Å²) in [6.45, 7) is 3.89. The van der Waals surface area contributed by atoms with Gasteiger partial charge in [0.15, 0.2) is 0 Å². The van der Waals surface area contributed by atoms with E-state index >= 15 is 0 Å². The second-order valence-electron chi connectivity index (χ2n) is 5.46. The Kier molecular flexibility index (Phi) is 4.11. The van der Waals surface area contributed by atoms with Crippen molar-refractivity contribution in [2.45, 2.75) is 26.3 Å². The van der Waals surface area contributed by atoms with Gasteiger partial charge in [0, 0.05) is 6.54 Å². The van der Waals surface area contributed by atoms with Crippen LogP contribution in [0.2, 0.25) is 0 Å². The third-order valence-electron chi connectivity index (χ3n) is 4.15. The summed E-state index contributed by atoms with van der Waals surface area (Å²) < 4.78 is 0. The summed E-state index contributed by atoms with van der Waals surface area (Å²) in [5, 5.41) is 14.5. The highest BCUT2D eigenvalue weighted by Gasteiger charge is 2.51. The lowest BCUT2D eigenvalue weighted by atomic mass is 9.82. The number of nitrogens with one attached hydrogen (secondary N) is 2. The fourth-order valence-electron chi connectivity index (χ4n) is 3.22. The van der Waals surface area contributed by atoms with Gasteiger partial charge in [-0.25, -0.2) is 0 Å². The fourth-order valence-corrected chi connectivity index (χ4v) is 3.22. The Hall–Kier alpha value is -1.85. The van der Waals surface area contributed by atoms with Gasteiger partial charge in [0.25, 0.3) is 0 Å². The van der Waals surface area contributed by atoms with Crippen LogP contribution in [0, 0.1) is 23.7 Å². The molecule has 110 valence electrons. The lowest BCUT2D eigenvalue weighted by Gasteiger charge is -2.25. The Bertz CT molecular complexity index is 460. The number of hydrogen-bond donors (Lipinski definition) is 3. The molecule has 1 fully saturated rings. The van der Waals surface area contributed by atoms with E-state index in [0.717, 1.165) is 0 Å². The van der Waals surface area contributed by atoms with Gasteiger partial charge in [0.2, 0.25) is 11.8 Å². The van der Waals surface area contributed by atoms with Gasteiger partial charge < -0.3 is 15.7 Å². The number of likely N-dealkylation sites (N-methyl/N-ethyl adjacent to an activating group) is 1. The molecule has 0 aromatic rings. The van der Waals surface area contributed by atoms with Crippen molar-refractivity contribution in [2.75, 3.05) is 6.54 Å². The molecule has 5 unspecified atom stereocenters. The average molecular weight is 280 g/mol. The van der Waals surface area contributed by atoms with Crippen molar-refractivity contribution in [3.05, 3.63) is 12.2 Å². The first kappa shape index (κ1) is 14.6. The molecule has 6 heteroatoms. The van der Waals surface area contributed by atoms with E-state index in [9.17, 15) is 19.5 Å². The number of rotatable bonds is 5. The number of allylic oxidation sites excluding steroid dienone is 2. The normalized spacial score (nSPS) is 31.9. The molecule has 3 N–H and O–H groups in total. The fraction of sp³-hybridized carbons (Fsp3) is 0.643. The van der Waals surface area contributed by atoms with Crippen molar-refractivity contribution in [1.82, 2.24) is 10.6 Å². The van der Waals surface area contributed by atoms with Gasteiger partial charge in [-0.2, -0.15) is 0 Å². The van der Waals surface area contributed by atoms with Crippen LogP contribution in [0.3, 0.4) is 0 Å². The van der Waals surface area contributed by atoms with Crippen molar-refractivity contribution in [3.8, 4) is 0 Å². The second-order valence-corrected chi connectivity index (χ2v) is 5.46. The van der Waals surface area contributed by atoms with Crippen molar-refractivity contribution < 1.29 is 19.5 Å². The lowest BCUT2D eigenvalue weighted by Crippen LogP contribution is -2.49. The molecule has 2 bridgehead atoms. The molecule has 0 aliphatic heterocycles. The topological polar surface area (TPSA) is 95.5 Å². The SMILES string of the molecule is CCNC(=O)C(C)NC(=O)C1C2C=CC(C2)C1C(=O)O. The van der Waals surface area contributed by atoms with Gasteiger partial charge in [0.05, 0.1) is 11.8 Å². The monoisotopic (exact) mass is 280 g/mol. The largest absolute Gasteiger partial charge is 0.481 e. The highest BCUT2D eigenvalue weighted by molar-refractivity contribution is 5.91. The smallest absolute Gasteiger partial charge is 0.307 e. The average Bonchev–Trinajstić information content (AvgIpc) is 2.98. The van der Waals surface area contributed by atoms with E-state index in [4.69, 9.17) is 0 Å². The molecule has 2 aliphatic carbocycles. The number of carboxylic acid groups (broad SMARTS) is 1. The van der Waals surface area contributed by atoms with E-state index in [1.807, 2.05) is 12.2 Å². The molecule has 2 rings (SSSR count). The number of hydrogen-bond acceptors (Lipinski definition) is 3. The van der Waals surface area contributed by atoms with Crippen LogP contribution in [-0.4, -0.2) is 35.5 Å². The second kappa shape index (κ2) is 5.64. The summed E-state index contributed by atoms with van der Waals surface area (Å²) in [6, 6.07) is -0.653. The zero-order chi connectivity index (χ0) is 14.9. The van der Waals surface area contributed by atoms with Gasteiger partial charge in [-0.1, -0.05) is 12.2 Å². The van der Waals surface area contributed by atoms with Crippen molar-refractivity contribution in [1.29, 1.82) is 0 Å². The van der Waals surface area contributed by atoms with Gasteiger partial charge in [-0.3, -0.25) is 14.4 Å². The van der Waals surface area contributed by atoms with E-state index in [1.54, 1.807) is 13.8 Å². The summed E-state index contributed by atoms with van der Waals surface area (Å²) in [5.74, 6) is -2.87. The van der Waals surface area contributed by atoms with Crippen LogP contribution in [0.1, 0.15) is 20.3 Å². The van der Waals surface area contributed by atoms with Crippen LogP contribution < -0.4 is 10.6 Å². The molecule has 6 nitrogen and oxygen atoms in total. The van der Waals surface area contributed by atoms with Gasteiger partial charge in [-0.15, -0.1) is 0 Å². The van der Waals surface area contributed by atoms with E-state index in [2.05, 4.69) is 10.6 Å². The molecule has 5 atom stereocenters. The Morgan fingerprint density at radius 2 is 1.85 bits per heavy atom. The van der Waals surface area contributed by atoms with E-state index in [-0.39, 0.29) is 23.7 Å². The van der Waals surface area contributed by atoms with Crippen molar-refractivity contribution in [2.24, 2.45) is 23.7 Å². The quantitative estimate of drug-likeness (QED) is 0.625. The first-order valence-electron chi connectivity index (χ1n) is 6.95. The van der Waals surface area contributed by atoms with Crippen LogP contribution >= 0.6 is 0 Å². The predicted molar refractivity (Wildman–Crippen MR) is 71.6 cm³/mol. The van der Waals surface area contributed by atoms with Crippen molar-refractivity contribution >= 4 is 17.8 Å². The van der Waals surface area contributed by atoms with Crippen LogP contribution in [0.4, 0.5) is 0 Å². The Morgan fingerprint density at radius 3 is 2.40 bits per heavy atom. The zero-order valence-electron chi connectivity index (χ0n) is 11.6. The number of fused-ring (bicyclic) bond motifs is 2. The highest BCUT2D eigenvalue weighted by Crippen LogP contribution is 2.48. The van der Waals surface area contributed by atoms with Crippen molar-refractivity contribution in [3.63, 3.8) is 0 Å². The maximum absolute atomic E-state index is 12.3. The van der Waals surface area contributed by atoms with Gasteiger partial charge in [0.1, 0.15) is 6.04 Å². The molecular formula is C14H20N2O4. The number of aliphatic carboxylic acids is 1. The van der Waals surface area contributed by atoms with E-state index in [1.165, 1.54) is 0 Å². The molecule has 0 heterocycles. The molecule has 2 amide bonds. The number of carbonyl (C=O) groups excluding carboxylic acids is 2. The van der Waals surface area contributed by atoms with E-state index < -0.39 is 23.8 Å². The molecule has 1 saturated carbocycles. The minimum Gasteiger partial charge on any atom is -0.481 e. The Morgan fingerprint density at radius 1 is 1.25 bits per heavy atom. The van der Waals surface area contributed by atoms with Crippen LogP contribution in [0.25, 0.3) is 0 Å².